The summed E-state index contributed by atoms with van der Waals surface area (Å²) in [7, 11) is -1.69. The highest BCUT2D eigenvalue weighted by Crippen LogP contribution is 2.32. The van der Waals surface area contributed by atoms with Crippen LogP contribution in [0.15, 0.2) is 242 Å². The maximum Gasteiger partial charge on any atom is 0.387 e. The SMILES string of the molecule is CN(C)Cc1ccc2cccc(NS(=O)(=O)c3ccc(Br)cc3)c2n1.CN(C)Cc1ccc2cccc(NS(=O)(=O)c3ccc(C(C)(C)C)cc3)c2n1.CN(C)Cc1ccc2cccc(NS(=O)(=O)c3ccc(OC(F)F)cc3)c2n1.CNC(=O)CCCc1ccc2cccc(NS(=O)(=O)c3ccc(C)cc3)c2n1. The zero-order valence-corrected chi connectivity index (χ0v) is 66.9. The Morgan fingerprint density at radius 1 is 0.431 bits per heavy atom. The molecule has 572 valence electrons. The quantitative estimate of drug-likeness (QED) is 0.0376. The summed E-state index contributed by atoms with van der Waals surface area (Å²) in [5, 5.41) is 6.02. The highest BCUT2D eigenvalue weighted by atomic mass is 79.9. The van der Waals surface area contributed by atoms with Gasteiger partial charge in [0.25, 0.3) is 40.1 Å². The summed E-state index contributed by atoms with van der Waals surface area (Å²) >= 11 is 3.31. The van der Waals surface area contributed by atoms with Gasteiger partial charge in [0.1, 0.15) is 5.75 Å². The smallest absolute Gasteiger partial charge is 0.387 e. The molecule has 1 amide bonds. The van der Waals surface area contributed by atoms with Crippen molar-refractivity contribution in [2.75, 3.05) is 68.2 Å². The summed E-state index contributed by atoms with van der Waals surface area (Å²) in [6, 6.07) is 62.0. The Kier molecular flexibility index (Phi) is 27.7. The number of ether oxygens (including phenoxy) is 1. The predicted octanol–water partition coefficient (Wildman–Crippen LogP) is 15.4. The van der Waals surface area contributed by atoms with Crippen molar-refractivity contribution in [3.05, 3.63) is 257 Å². The number of rotatable bonds is 24. The van der Waals surface area contributed by atoms with Crippen LogP contribution in [0.4, 0.5) is 31.5 Å². The van der Waals surface area contributed by atoms with Crippen LogP contribution in [0.25, 0.3) is 43.6 Å². The van der Waals surface area contributed by atoms with E-state index in [4.69, 9.17) is 0 Å². The summed E-state index contributed by atoms with van der Waals surface area (Å²) in [5.41, 5.74) is 9.59. The molecule has 22 nitrogen and oxygen atoms in total. The molecule has 0 aliphatic rings. The molecule has 8 aromatic carbocycles. The van der Waals surface area contributed by atoms with Crippen molar-refractivity contribution in [1.82, 2.24) is 40.0 Å². The first kappa shape index (κ1) is 82.9. The highest BCUT2D eigenvalue weighted by molar-refractivity contribution is 9.10. The molecule has 12 aromatic rings. The number of amides is 1. The van der Waals surface area contributed by atoms with Crippen LogP contribution < -0.4 is 28.9 Å². The summed E-state index contributed by atoms with van der Waals surface area (Å²) < 4.78 is 142. The van der Waals surface area contributed by atoms with Crippen molar-refractivity contribution < 1.29 is 52.0 Å². The molecular weight excluding hydrogens is 1540 g/mol. The number of nitrogens with one attached hydrogen (secondary N) is 5. The van der Waals surface area contributed by atoms with Gasteiger partial charge in [0.15, 0.2) is 0 Å². The molecule has 0 saturated carbocycles. The van der Waals surface area contributed by atoms with E-state index < -0.39 is 46.7 Å². The van der Waals surface area contributed by atoms with Crippen LogP contribution in [0.1, 0.15) is 67.5 Å². The van der Waals surface area contributed by atoms with Crippen molar-refractivity contribution in [3.8, 4) is 5.75 Å². The van der Waals surface area contributed by atoms with E-state index in [2.05, 4.69) is 85.6 Å². The number of aromatic nitrogens is 4. The third-order valence-corrected chi connectivity index (χ3v) is 22.5. The third kappa shape index (κ3) is 23.5. The fourth-order valence-electron chi connectivity index (χ4n) is 11.1. The number of benzene rings is 8. The van der Waals surface area contributed by atoms with Crippen molar-refractivity contribution in [1.29, 1.82) is 0 Å². The molecule has 12 rings (SSSR count). The molecule has 0 atom stereocenters. The second-order valence-electron chi connectivity index (χ2n) is 27.3. The molecule has 29 heteroatoms. The van der Waals surface area contributed by atoms with E-state index in [1.54, 1.807) is 104 Å². The predicted molar refractivity (Wildman–Crippen MR) is 433 cm³/mol. The number of pyridine rings is 4. The van der Waals surface area contributed by atoms with Gasteiger partial charge < -0.3 is 24.8 Å². The number of sulfonamides is 4. The van der Waals surface area contributed by atoms with Crippen molar-refractivity contribution in [2.24, 2.45) is 0 Å². The first-order valence-electron chi connectivity index (χ1n) is 34.3. The summed E-state index contributed by atoms with van der Waals surface area (Å²) in [5.74, 6) is -0.124. The van der Waals surface area contributed by atoms with Crippen molar-refractivity contribution in [3.63, 3.8) is 0 Å². The van der Waals surface area contributed by atoms with Crippen LogP contribution in [-0.4, -0.2) is 130 Å². The highest BCUT2D eigenvalue weighted by Gasteiger charge is 2.23. The van der Waals surface area contributed by atoms with Crippen LogP contribution in [0.2, 0.25) is 0 Å². The maximum absolute atomic E-state index is 12.9. The Morgan fingerprint density at radius 2 is 0.734 bits per heavy atom. The minimum absolute atomic E-state index is 0.00710. The average molecular weight is 1620 g/mol. The van der Waals surface area contributed by atoms with E-state index in [9.17, 15) is 47.2 Å². The Bertz CT molecular complexity index is 5650. The van der Waals surface area contributed by atoms with Gasteiger partial charge in [0.05, 0.1) is 81.5 Å². The van der Waals surface area contributed by atoms with Gasteiger partial charge >= 0.3 is 6.61 Å². The third-order valence-electron chi connectivity index (χ3n) is 16.5. The van der Waals surface area contributed by atoms with E-state index in [1.807, 2.05) is 161 Å². The zero-order valence-electron chi connectivity index (χ0n) is 62.1. The molecule has 109 heavy (non-hydrogen) atoms. The first-order chi connectivity index (χ1) is 51.5. The Labute approximate surface area is 644 Å². The second-order valence-corrected chi connectivity index (χ2v) is 34.9. The Hall–Kier alpha value is -10.1. The molecule has 0 aliphatic heterocycles. The topological polar surface area (TPSA) is 284 Å². The second kappa shape index (κ2) is 36.4. The Balaban J connectivity index is 0.000000168. The number of hydrogen-bond acceptors (Lipinski definition) is 17. The van der Waals surface area contributed by atoms with Crippen LogP contribution in [0.5, 0.6) is 5.75 Å². The number of hydrogen-bond donors (Lipinski definition) is 5. The fourth-order valence-corrected chi connectivity index (χ4v) is 15.6. The molecule has 0 saturated heterocycles. The molecule has 0 radical (unpaired) electrons. The first-order valence-corrected chi connectivity index (χ1v) is 41.1. The average Bonchev–Trinajstić information content (AvgIpc) is 0.808. The lowest BCUT2D eigenvalue weighted by Gasteiger charge is -2.19. The summed E-state index contributed by atoms with van der Waals surface area (Å²) in [6.07, 6.45) is 1.75. The largest absolute Gasteiger partial charge is 0.435 e. The summed E-state index contributed by atoms with van der Waals surface area (Å²) in [6.45, 7) is 7.21. The number of carbonyl (C=O) groups excluding carboxylic acids is 1. The Morgan fingerprint density at radius 3 is 1.05 bits per heavy atom. The van der Waals surface area contributed by atoms with Crippen LogP contribution >= 0.6 is 15.9 Å². The number of halogens is 3. The maximum atomic E-state index is 12.9. The normalized spacial score (nSPS) is 11.9. The van der Waals surface area contributed by atoms with Gasteiger partial charge in [0, 0.05) is 64.8 Å². The number of fused-ring (bicyclic) bond motifs is 4. The minimum atomic E-state index is -3.93. The van der Waals surface area contributed by atoms with Gasteiger partial charge in [-0.3, -0.25) is 28.7 Å². The zero-order chi connectivity index (χ0) is 79.0. The molecule has 0 bridgehead atoms. The van der Waals surface area contributed by atoms with Crippen LogP contribution in [0.3, 0.4) is 0 Å². The lowest BCUT2D eigenvalue weighted by atomic mass is 9.87. The molecule has 0 unspecified atom stereocenters. The minimum Gasteiger partial charge on any atom is -0.435 e. The van der Waals surface area contributed by atoms with Gasteiger partial charge in [-0.1, -0.05) is 139 Å². The van der Waals surface area contributed by atoms with E-state index in [0.29, 0.717) is 83.7 Å². The van der Waals surface area contributed by atoms with Gasteiger partial charge in [-0.05, 0) is 194 Å². The fraction of sp³-hybridized carbons (Fsp3) is 0.237. The summed E-state index contributed by atoms with van der Waals surface area (Å²) in [4.78, 5) is 36.5. The standard InChI is InChI=1S/C22H27N3O2S.C21H23N3O3S.C19H19F2N3O3S.C18H18BrN3O2S/c1-22(2,3)17-10-13-19(14-11-17)28(26,27)24-20-8-6-7-16-9-12-18(15-25(4)5)23-21(16)20;1-15-9-13-18(14-10-15)28(26,27)24-19-7-3-5-16-11-12-17(23-21(16)19)6-4-8-20(25)22-2;1-24(2)12-14-7-6-13-4-3-5-17(18(13)22-14)23-28(25,26)16-10-8-15(9-11-16)27-19(20)21;1-22(2)12-15-9-6-13-4-3-5-17(18(13)20-15)21-25(23,24)16-10-7-14(19)8-11-16/h6-14,24H,15H2,1-5H3;3,5,7,9-14,24H,4,6,8H2,1-2H3,(H,22,25);3-11,19,23H,12H2,1-2H3;3-11,21H,12H2,1-2H3. The number of para-hydroxylation sites is 4. The molecule has 5 N–H and O–H groups in total. The van der Waals surface area contributed by atoms with Gasteiger partial charge in [-0.15, -0.1) is 0 Å². The lowest BCUT2D eigenvalue weighted by Crippen LogP contribution is -2.17. The number of aryl methyl sites for hydroxylation is 2. The molecule has 4 aromatic heterocycles. The monoisotopic (exact) mass is 1620 g/mol. The molecule has 0 aliphatic carbocycles. The van der Waals surface area contributed by atoms with E-state index in [-0.39, 0.29) is 36.7 Å². The number of alkyl halides is 2. The molecule has 0 fully saturated rings. The van der Waals surface area contributed by atoms with Gasteiger partial charge in [-0.25, -0.2) is 48.6 Å². The van der Waals surface area contributed by atoms with E-state index in [1.165, 1.54) is 24.3 Å². The van der Waals surface area contributed by atoms with Crippen molar-refractivity contribution in [2.45, 2.75) is 98.2 Å². The van der Waals surface area contributed by atoms with E-state index in [0.717, 1.165) is 59.9 Å². The van der Waals surface area contributed by atoms with Crippen molar-refractivity contribution >= 4 is 128 Å². The van der Waals surface area contributed by atoms with E-state index >= 15 is 0 Å². The van der Waals surface area contributed by atoms with Gasteiger partial charge in [0.2, 0.25) is 5.91 Å². The molecule has 4 heterocycles. The van der Waals surface area contributed by atoms with Crippen LogP contribution in [0, 0.1) is 6.92 Å². The number of anilines is 4. The number of nitrogens with zero attached hydrogens (tertiary/aromatic N) is 7. The van der Waals surface area contributed by atoms with Crippen LogP contribution in [-0.2, 0) is 76.4 Å². The van der Waals surface area contributed by atoms with Gasteiger partial charge in [-0.2, -0.15) is 8.78 Å². The molecular formula is C80H87BrF2N12O10S4. The molecule has 0 spiro atoms. The lowest BCUT2D eigenvalue weighted by molar-refractivity contribution is -0.120. The number of carbonyl (C=O) groups is 1.